The normalized spacial score (nSPS) is 13.4. The number of sulfonamides is 1. The third kappa shape index (κ3) is 6.01. The number of nitrogens with one attached hydrogen (secondary N) is 1. The lowest BCUT2D eigenvalue weighted by atomic mass is 10.2. The molecule has 6 nitrogen and oxygen atoms in total. The van der Waals surface area contributed by atoms with Crippen molar-refractivity contribution >= 4 is 10.0 Å². The molecule has 1 aromatic carbocycles. The lowest BCUT2D eigenvalue weighted by Crippen LogP contribution is -2.40. The number of aliphatic hydroxyl groups is 1. The number of benzene rings is 1. The average Bonchev–Trinajstić information content (AvgIpc) is 2.45. The summed E-state index contributed by atoms with van der Waals surface area (Å²) in [5, 5.41) is 9.11. The van der Waals surface area contributed by atoms with Crippen LogP contribution in [0.3, 0.4) is 0 Å². The highest BCUT2D eigenvalue weighted by atomic mass is 32.2. The minimum absolute atomic E-state index is 0.102. The molecule has 120 valence electrons. The topological polar surface area (TPSA) is 84.9 Å². The molecule has 1 rings (SSSR count). The maximum Gasteiger partial charge on any atom is 0.240 e. The Bertz CT molecular complexity index is 513. The van der Waals surface area contributed by atoms with E-state index in [0.29, 0.717) is 18.3 Å². The van der Waals surface area contributed by atoms with Crippen LogP contribution in [0, 0.1) is 5.92 Å². The van der Waals surface area contributed by atoms with E-state index < -0.39 is 16.1 Å². The van der Waals surface area contributed by atoms with Crippen molar-refractivity contribution in [1.82, 2.24) is 4.72 Å². The van der Waals surface area contributed by atoms with Crippen LogP contribution < -0.4 is 9.46 Å². The molecule has 0 aliphatic carbocycles. The van der Waals surface area contributed by atoms with Crippen LogP contribution in [0.4, 0.5) is 0 Å². The zero-order valence-corrected chi connectivity index (χ0v) is 13.4. The first-order valence-corrected chi connectivity index (χ1v) is 8.22. The van der Waals surface area contributed by atoms with Crippen molar-refractivity contribution in [3.8, 4) is 5.75 Å². The van der Waals surface area contributed by atoms with Gasteiger partial charge in [-0.2, -0.15) is 0 Å². The zero-order valence-electron chi connectivity index (χ0n) is 12.6. The molecule has 0 amide bonds. The fourth-order valence-electron chi connectivity index (χ4n) is 1.59. The third-order valence-electron chi connectivity index (χ3n) is 2.63. The van der Waals surface area contributed by atoms with Crippen molar-refractivity contribution in [2.24, 2.45) is 5.92 Å². The van der Waals surface area contributed by atoms with Crippen LogP contribution in [0.1, 0.15) is 13.8 Å². The Labute approximate surface area is 126 Å². The molecular weight excluding hydrogens is 294 g/mol. The molecule has 0 radical (unpaired) electrons. The van der Waals surface area contributed by atoms with Crippen LogP contribution in [0.2, 0.25) is 0 Å². The highest BCUT2D eigenvalue weighted by Gasteiger charge is 2.19. The van der Waals surface area contributed by atoms with E-state index in [1.165, 1.54) is 19.2 Å². The first-order valence-electron chi connectivity index (χ1n) is 6.74. The first kappa shape index (κ1) is 17.9. The van der Waals surface area contributed by atoms with Crippen molar-refractivity contribution in [3.05, 3.63) is 24.3 Å². The van der Waals surface area contributed by atoms with Crippen LogP contribution in [0.25, 0.3) is 0 Å². The quantitative estimate of drug-likeness (QED) is 0.710. The van der Waals surface area contributed by atoms with E-state index in [4.69, 9.17) is 14.6 Å². The van der Waals surface area contributed by atoms with Crippen LogP contribution in [-0.2, 0) is 14.8 Å². The average molecular weight is 317 g/mol. The summed E-state index contributed by atoms with van der Waals surface area (Å²) in [4.78, 5) is 0.119. The van der Waals surface area contributed by atoms with Crippen molar-refractivity contribution in [3.63, 3.8) is 0 Å². The highest BCUT2D eigenvalue weighted by molar-refractivity contribution is 7.89. The Kier molecular flexibility index (Phi) is 7.10. The molecule has 7 heteroatoms. The number of rotatable bonds is 9. The van der Waals surface area contributed by atoms with Gasteiger partial charge in [0.15, 0.2) is 0 Å². The molecule has 1 atom stereocenters. The molecule has 0 saturated heterocycles. The molecule has 0 aliphatic heterocycles. The van der Waals surface area contributed by atoms with Crippen molar-refractivity contribution in [2.75, 3.05) is 26.9 Å². The summed E-state index contributed by atoms with van der Waals surface area (Å²) >= 11 is 0. The largest absolute Gasteiger partial charge is 0.493 e. The summed E-state index contributed by atoms with van der Waals surface area (Å²) in [6.07, 6.45) is 0. The maximum atomic E-state index is 12.1. The van der Waals surface area contributed by atoms with Gasteiger partial charge < -0.3 is 14.6 Å². The monoisotopic (exact) mass is 317 g/mol. The molecule has 21 heavy (non-hydrogen) atoms. The third-order valence-corrected chi connectivity index (χ3v) is 4.16. The van der Waals surface area contributed by atoms with Crippen LogP contribution in [-0.4, -0.2) is 46.5 Å². The maximum absolute atomic E-state index is 12.1. The number of hydrogen-bond donors (Lipinski definition) is 2. The highest BCUT2D eigenvalue weighted by Crippen LogP contribution is 2.16. The van der Waals surface area contributed by atoms with Gasteiger partial charge >= 0.3 is 0 Å². The second kappa shape index (κ2) is 8.33. The van der Waals surface area contributed by atoms with E-state index in [1.807, 2.05) is 13.8 Å². The van der Waals surface area contributed by atoms with Gasteiger partial charge in [-0.3, -0.25) is 0 Å². The lowest BCUT2D eigenvalue weighted by molar-refractivity contribution is 0.139. The van der Waals surface area contributed by atoms with Crippen LogP contribution in [0.15, 0.2) is 29.2 Å². The SMILES string of the molecule is COCC(CO)NS(=O)(=O)c1ccc(OCC(C)C)cc1. The molecule has 0 heterocycles. The van der Waals surface area contributed by atoms with Gasteiger partial charge in [0.2, 0.25) is 10.0 Å². The fourth-order valence-corrected chi connectivity index (χ4v) is 2.80. The fraction of sp³-hybridized carbons (Fsp3) is 0.571. The van der Waals surface area contributed by atoms with Gasteiger partial charge in [0.05, 0.1) is 30.8 Å². The van der Waals surface area contributed by atoms with Gasteiger partial charge in [-0.15, -0.1) is 0 Å². The Morgan fingerprint density at radius 3 is 2.29 bits per heavy atom. The predicted molar refractivity (Wildman–Crippen MR) is 79.8 cm³/mol. The molecule has 1 unspecified atom stereocenters. The lowest BCUT2D eigenvalue weighted by Gasteiger charge is -2.15. The second-order valence-corrected chi connectivity index (χ2v) is 6.85. The molecule has 1 aromatic rings. The standard InChI is InChI=1S/C14H23NO5S/c1-11(2)9-20-13-4-6-14(7-5-13)21(17,18)15-12(8-16)10-19-3/h4-7,11-12,15-16H,8-10H2,1-3H3. The van der Waals surface area contributed by atoms with Crippen molar-refractivity contribution < 1.29 is 23.0 Å². The molecule has 0 aliphatic rings. The molecule has 2 N–H and O–H groups in total. The number of methoxy groups -OCH3 is 1. The summed E-state index contributed by atoms with van der Waals surface area (Å²) in [5.74, 6) is 1.02. The van der Waals surface area contributed by atoms with Crippen molar-refractivity contribution in [1.29, 1.82) is 0 Å². The number of hydrogen-bond acceptors (Lipinski definition) is 5. The van der Waals surface area contributed by atoms with Gasteiger partial charge in [0.1, 0.15) is 5.75 Å². The van der Waals surface area contributed by atoms with Crippen molar-refractivity contribution in [2.45, 2.75) is 24.8 Å². The zero-order chi connectivity index (χ0) is 15.9. The molecule has 0 aromatic heterocycles. The summed E-state index contributed by atoms with van der Waals surface area (Å²) in [6, 6.07) is 5.50. The van der Waals surface area contributed by atoms with Gasteiger partial charge in [-0.05, 0) is 30.2 Å². The summed E-state index contributed by atoms with van der Waals surface area (Å²) in [5.41, 5.74) is 0. The first-order chi connectivity index (χ1) is 9.89. The smallest absolute Gasteiger partial charge is 0.240 e. The van der Waals surface area contributed by atoms with Crippen LogP contribution >= 0.6 is 0 Å². The summed E-state index contributed by atoms with van der Waals surface area (Å²) in [6.45, 7) is 4.42. The van der Waals surface area contributed by atoms with E-state index in [2.05, 4.69) is 4.72 Å². The summed E-state index contributed by atoms with van der Waals surface area (Å²) < 4.78 is 37.0. The van der Waals surface area contributed by atoms with Gasteiger partial charge in [0, 0.05) is 7.11 Å². The Morgan fingerprint density at radius 1 is 1.19 bits per heavy atom. The molecule has 0 bridgehead atoms. The Morgan fingerprint density at radius 2 is 1.81 bits per heavy atom. The minimum Gasteiger partial charge on any atom is -0.493 e. The number of ether oxygens (including phenoxy) is 2. The second-order valence-electron chi connectivity index (χ2n) is 5.13. The Balaban J connectivity index is 2.75. The summed E-state index contributed by atoms with van der Waals surface area (Å²) in [7, 11) is -2.25. The van der Waals surface area contributed by atoms with Gasteiger partial charge in [-0.1, -0.05) is 13.8 Å². The predicted octanol–water partition coefficient (Wildman–Crippen LogP) is 1.01. The van der Waals surface area contributed by atoms with E-state index in [9.17, 15) is 8.42 Å². The van der Waals surface area contributed by atoms with E-state index in [1.54, 1.807) is 12.1 Å². The van der Waals surface area contributed by atoms with Gasteiger partial charge in [-0.25, -0.2) is 13.1 Å². The van der Waals surface area contributed by atoms with Crippen LogP contribution in [0.5, 0.6) is 5.75 Å². The molecule has 0 saturated carbocycles. The van der Waals surface area contributed by atoms with E-state index >= 15 is 0 Å². The molecular formula is C14H23NO5S. The Hall–Kier alpha value is -1.15. The van der Waals surface area contributed by atoms with E-state index in [-0.39, 0.29) is 18.1 Å². The minimum atomic E-state index is -3.69. The molecule has 0 fully saturated rings. The number of aliphatic hydroxyl groups excluding tert-OH is 1. The van der Waals surface area contributed by atoms with Gasteiger partial charge in [0.25, 0.3) is 0 Å². The van der Waals surface area contributed by atoms with E-state index in [0.717, 1.165) is 0 Å². The molecule has 0 spiro atoms.